The monoisotopic (exact) mass is 231 g/mol. The Balaban J connectivity index is 4.33. The molecule has 0 aromatic rings. The van der Waals surface area contributed by atoms with Crippen LogP contribution < -0.4 is 5.73 Å². The first kappa shape index (κ1) is 14.9. The SMILES string of the molecule is CCCCC(C)(F)C(N)=CC(=O)OCCC. The molecule has 0 saturated carbocycles. The molecule has 3 nitrogen and oxygen atoms in total. The van der Waals surface area contributed by atoms with Crippen LogP contribution in [0.25, 0.3) is 0 Å². The van der Waals surface area contributed by atoms with E-state index < -0.39 is 11.6 Å². The van der Waals surface area contributed by atoms with Crippen LogP contribution >= 0.6 is 0 Å². The number of alkyl halides is 1. The minimum Gasteiger partial charge on any atom is -0.462 e. The molecule has 0 saturated heterocycles. The summed E-state index contributed by atoms with van der Waals surface area (Å²) in [7, 11) is 0. The van der Waals surface area contributed by atoms with Gasteiger partial charge in [0, 0.05) is 6.08 Å². The van der Waals surface area contributed by atoms with Gasteiger partial charge >= 0.3 is 5.97 Å². The molecule has 0 amide bonds. The van der Waals surface area contributed by atoms with Crippen LogP contribution in [-0.2, 0) is 9.53 Å². The molecule has 0 heterocycles. The van der Waals surface area contributed by atoms with E-state index in [1.54, 1.807) is 0 Å². The summed E-state index contributed by atoms with van der Waals surface area (Å²) in [5.74, 6) is -0.570. The summed E-state index contributed by atoms with van der Waals surface area (Å²) >= 11 is 0. The average Bonchev–Trinajstić information content (AvgIpc) is 2.23. The Labute approximate surface area is 96.8 Å². The number of allylic oxidation sites excluding steroid dienone is 1. The van der Waals surface area contributed by atoms with E-state index in [0.29, 0.717) is 13.0 Å². The van der Waals surface area contributed by atoms with Gasteiger partial charge in [0.25, 0.3) is 0 Å². The molecule has 0 fully saturated rings. The standard InChI is InChI=1S/C12H22FNO2/c1-4-6-7-12(3,13)10(14)9-11(15)16-8-5-2/h9H,4-8,14H2,1-3H3. The summed E-state index contributed by atoms with van der Waals surface area (Å²) in [5.41, 5.74) is 3.87. The van der Waals surface area contributed by atoms with Crippen LogP contribution in [0.3, 0.4) is 0 Å². The van der Waals surface area contributed by atoms with Gasteiger partial charge in [0.2, 0.25) is 0 Å². The van der Waals surface area contributed by atoms with Crippen molar-refractivity contribution < 1.29 is 13.9 Å². The highest BCUT2D eigenvalue weighted by molar-refractivity contribution is 5.82. The number of hydrogen-bond donors (Lipinski definition) is 1. The Bertz CT molecular complexity index is 249. The lowest BCUT2D eigenvalue weighted by Gasteiger charge is -2.20. The van der Waals surface area contributed by atoms with Crippen LogP contribution in [0, 0.1) is 0 Å². The molecule has 94 valence electrons. The first-order valence-electron chi connectivity index (χ1n) is 5.77. The van der Waals surface area contributed by atoms with Crippen molar-refractivity contribution in [3.63, 3.8) is 0 Å². The number of esters is 1. The lowest BCUT2D eigenvalue weighted by Crippen LogP contribution is -2.28. The topological polar surface area (TPSA) is 52.3 Å². The second kappa shape index (κ2) is 7.25. The second-order valence-corrected chi connectivity index (χ2v) is 4.07. The van der Waals surface area contributed by atoms with Crippen molar-refractivity contribution in [2.75, 3.05) is 6.61 Å². The quantitative estimate of drug-likeness (QED) is 0.541. The van der Waals surface area contributed by atoms with Gasteiger partial charge < -0.3 is 10.5 Å². The molecule has 0 radical (unpaired) electrons. The normalized spacial score (nSPS) is 15.6. The lowest BCUT2D eigenvalue weighted by molar-refractivity contribution is -0.137. The highest BCUT2D eigenvalue weighted by Gasteiger charge is 2.26. The summed E-state index contributed by atoms with van der Waals surface area (Å²) in [6, 6.07) is 0. The van der Waals surface area contributed by atoms with E-state index in [1.807, 2.05) is 13.8 Å². The van der Waals surface area contributed by atoms with Crippen molar-refractivity contribution in [3.05, 3.63) is 11.8 Å². The van der Waals surface area contributed by atoms with E-state index in [1.165, 1.54) is 6.92 Å². The van der Waals surface area contributed by atoms with E-state index in [4.69, 9.17) is 10.5 Å². The molecule has 1 atom stereocenters. The number of carbonyl (C=O) groups is 1. The fourth-order valence-corrected chi connectivity index (χ4v) is 1.17. The van der Waals surface area contributed by atoms with E-state index in [2.05, 4.69) is 0 Å². The van der Waals surface area contributed by atoms with Crippen molar-refractivity contribution >= 4 is 5.97 Å². The zero-order chi connectivity index (χ0) is 12.6. The Kier molecular flexibility index (Phi) is 6.77. The van der Waals surface area contributed by atoms with Crippen molar-refractivity contribution in [1.29, 1.82) is 0 Å². The fourth-order valence-electron chi connectivity index (χ4n) is 1.17. The highest BCUT2D eigenvalue weighted by atomic mass is 19.1. The zero-order valence-corrected chi connectivity index (χ0v) is 10.4. The Morgan fingerprint density at radius 2 is 2.06 bits per heavy atom. The number of ether oxygens (including phenoxy) is 1. The molecule has 2 N–H and O–H groups in total. The van der Waals surface area contributed by atoms with E-state index in [-0.39, 0.29) is 5.70 Å². The van der Waals surface area contributed by atoms with Crippen LogP contribution in [0.1, 0.15) is 46.5 Å². The van der Waals surface area contributed by atoms with E-state index >= 15 is 0 Å². The average molecular weight is 231 g/mol. The van der Waals surface area contributed by atoms with Gasteiger partial charge in [-0.15, -0.1) is 0 Å². The van der Waals surface area contributed by atoms with Crippen molar-refractivity contribution in [2.24, 2.45) is 5.73 Å². The van der Waals surface area contributed by atoms with Gasteiger partial charge in [-0.1, -0.05) is 26.7 Å². The summed E-state index contributed by atoms with van der Waals surface area (Å²) < 4.78 is 18.8. The van der Waals surface area contributed by atoms with Gasteiger partial charge in [-0.3, -0.25) is 0 Å². The Morgan fingerprint density at radius 1 is 1.44 bits per heavy atom. The van der Waals surface area contributed by atoms with Gasteiger partial charge in [0.1, 0.15) is 5.67 Å². The third-order valence-corrected chi connectivity index (χ3v) is 2.32. The van der Waals surface area contributed by atoms with Gasteiger partial charge in [0.05, 0.1) is 12.3 Å². The largest absolute Gasteiger partial charge is 0.462 e. The number of rotatable bonds is 7. The zero-order valence-electron chi connectivity index (χ0n) is 10.4. The smallest absolute Gasteiger partial charge is 0.332 e. The van der Waals surface area contributed by atoms with Gasteiger partial charge in [-0.05, 0) is 19.8 Å². The molecule has 1 unspecified atom stereocenters. The third kappa shape index (κ3) is 5.73. The summed E-state index contributed by atoms with van der Waals surface area (Å²) in [4.78, 5) is 11.2. The first-order chi connectivity index (χ1) is 7.44. The maximum Gasteiger partial charge on any atom is 0.332 e. The van der Waals surface area contributed by atoms with Crippen molar-refractivity contribution in [3.8, 4) is 0 Å². The van der Waals surface area contributed by atoms with E-state index in [9.17, 15) is 9.18 Å². The van der Waals surface area contributed by atoms with Crippen molar-refractivity contribution in [2.45, 2.75) is 52.1 Å². The van der Waals surface area contributed by atoms with Crippen LogP contribution in [0.2, 0.25) is 0 Å². The van der Waals surface area contributed by atoms with Crippen LogP contribution in [0.5, 0.6) is 0 Å². The molecule has 0 aromatic heterocycles. The van der Waals surface area contributed by atoms with Gasteiger partial charge in [-0.2, -0.15) is 0 Å². The Morgan fingerprint density at radius 3 is 2.56 bits per heavy atom. The maximum atomic E-state index is 14.0. The number of nitrogens with two attached hydrogens (primary N) is 1. The third-order valence-electron chi connectivity index (χ3n) is 2.32. The lowest BCUT2D eigenvalue weighted by atomic mass is 9.97. The van der Waals surface area contributed by atoms with Gasteiger partial charge in [-0.25, -0.2) is 9.18 Å². The fraction of sp³-hybridized carbons (Fsp3) is 0.750. The minimum atomic E-state index is -1.62. The molecule has 0 rings (SSSR count). The molecule has 0 bridgehead atoms. The number of hydrogen-bond acceptors (Lipinski definition) is 3. The molecular formula is C12H22FNO2. The predicted octanol–water partition coefficient (Wildman–Crippen LogP) is 2.70. The molecule has 0 spiro atoms. The first-order valence-corrected chi connectivity index (χ1v) is 5.77. The predicted molar refractivity (Wildman–Crippen MR) is 62.6 cm³/mol. The summed E-state index contributed by atoms with van der Waals surface area (Å²) in [5, 5.41) is 0. The molecule has 0 aromatic carbocycles. The number of carbonyl (C=O) groups excluding carboxylic acids is 1. The van der Waals surface area contributed by atoms with Crippen LogP contribution in [0.4, 0.5) is 4.39 Å². The molecular weight excluding hydrogens is 209 g/mol. The maximum absolute atomic E-state index is 14.0. The molecule has 0 aliphatic rings. The van der Waals surface area contributed by atoms with Gasteiger partial charge in [0.15, 0.2) is 0 Å². The number of unbranched alkanes of at least 4 members (excludes halogenated alkanes) is 1. The summed E-state index contributed by atoms with van der Waals surface area (Å²) in [6.07, 6.45) is 3.75. The van der Waals surface area contributed by atoms with Crippen LogP contribution in [0.15, 0.2) is 11.8 Å². The second-order valence-electron chi connectivity index (χ2n) is 4.07. The molecule has 0 aliphatic carbocycles. The highest BCUT2D eigenvalue weighted by Crippen LogP contribution is 2.24. The molecule has 16 heavy (non-hydrogen) atoms. The van der Waals surface area contributed by atoms with Crippen LogP contribution in [-0.4, -0.2) is 18.2 Å². The molecule has 0 aliphatic heterocycles. The summed E-state index contributed by atoms with van der Waals surface area (Å²) in [6.45, 7) is 5.59. The van der Waals surface area contributed by atoms with E-state index in [0.717, 1.165) is 25.3 Å². The Hall–Kier alpha value is -1.06. The van der Waals surface area contributed by atoms with Crippen molar-refractivity contribution in [1.82, 2.24) is 0 Å². The minimum absolute atomic E-state index is 0.0537. The molecule has 4 heteroatoms. The number of halogens is 1.